The molecule has 0 spiro atoms. The summed E-state index contributed by atoms with van der Waals surface area (Å²) in [4.78, 5) is -0.414. The van der Waals surface area contributed by atoms with Crippen LogP contribution in [-0.2, 0) is 0 Å². The molecule has 1 aromatic carbocycles. The Morgan fingerprint density at radius 2 is 1.70 bits per heavy atom. The number of benzene rings is 1. The predicted molar refractivity (Wildman–Crippen MR) is 45.3 cm³/mol. The van der Waals surface area contributed by atoms with Gasteiger partial charge in [-0.1, -0.05) is 30.3 Å². The Morgan fingerprint density at radius 3 is 2.20 bits per heavy atom. The fourth-order valence-corrected chi connectivity index (χ4v) is 1.00. The van der Waals surface area contributed by atoms with E-state index < -0.39 is 4.84 Å². The highest BCUT2D eigenvalue weighted by Crippen LogP contribution is 2.12. The van der Waals surface area contributed by atoms with Crippen LogP contribution in [0.2, 0.25) is 0 Å². The molecule has 0 fully saturated rings. The Hall–Kier alpha value is -0.200. The van der Waals surface area contributed by atoms with Gasteiger partial charge in [-0.15, -0.1) is 23.2 Å². The van der Waals surface area contributed by atoms with Crippen molar-refractivity contribution in [2.45, 2.75) is 4.84 Å². The molecule has 0 aliphatic carbocycles. The molecule has 53 valence electrons. The number of halogens is 2. The van der Waals surface area contributed by atoms with Crippen LogP contribution in [0, 0.1) is 6.42 Å². The molecule has 1 rings (SSSR count). The second kappa shape index (κ2) is 3.85. The third kappa shape index (κ3) is 2.59. The van der Waals surface area contributed by atoms with Gasteiger partial charge in [0.05, 0.1) is 0 Å². The first-order valence-electron chi connectivity index (χ1n) is 2.97. The fraction of sp³-hybridized carbons (Fsp3) is 0.125. The highest BCUT2D eigenvalue weighted by molar-refractivity contribution is 6.45. The number of hydrogen-bond donors (Lipinski definition) is 0. The van der Waals surface area contributed by atoms with Crippen molar-refractivity contribution >= 4 is 23.2 Å². The molecule has 0 aliphatic heterocycles. The van der Waals surface area contributed by atoms with Gasteiger partial charge in [-0.05, 0) is 5.56 Å². The van der Waals surface area contributed by atoms with Gasteiger partial charge in [0.15, 0.2) is 0 Å². The lowest BCUT2D eigenvalue weighted by Crippen LogP contribution is -1.88. The van der Waals surface area contributed by atoms with Crippen LogP contribution in [0.1, 0.15) is 5.56 Å². The number of alkyl halides is 2. The molecule has 0 bridgehead atoms. The first kappa shape index (κ1) is 7.90. The minimum absolute atomic E-state index is 0.414. The zero-order valence-electron chi connectivity index (χ0n) is 5.30. The van der Waals surface area contributed by atoms with Crippen molar-refractivity contribution in [2.24, 2.45) is 0 Å². The molecule has 0 aliphatic rings. The van der Waals surface area contributed by atoms with Crippen LogP contribution in [0.4, 0.5) is 0 Å². The van der Waals surface area contributed by atoms with Crippen LogP contribution in [0.3, 0.4) is 0 Å². The Balaban J connectivity index is 2.59. The molecular formula is C8H7Cl2. The second-order valence-electron chi connectivity index (χ2n) is 1.91. The third-order valence-corrected chi connectivity index (χ3v) is 1.37. The zero-order chi connectivity index (χ0) is 7.40. The van der Waals surface area contributed by atoms with Crippen LogP contribution in [-0.4, -0.2) is 4.84 Å². The topological polar surface area (TPSA) is 0 Å². The van der Waals surface area contributed by atoms with Crippen molar-refractivity contribution in [3.63, 3.8) is 0 Å². The first-order chi connectivity index (χ1) is 4.79. The molecule has 0 N–H and O–H groups in total. The van der Waals surface area contributed by atoms with E-state index >= 15 is 0 Å². The van der Waals surface area contributed by atoms with Gasteiger partial charge in [-0.25, -0.2) is 0 Å². The Morgan fingerprint density at radius 1 is 1.10 bits per heavy atom. The molecule has 0 amide bonds. The molecule has 10 heavy (non-hydrogen) atoms. The average Bonchev–Trinajstić information content (AvgIpc) is 1.88. The summed E-state index contributed by atoms with van der Waals surface area (Å²) in [6.07, 6.45) is 1.78. The molecule has 1 aromatic rings. The molecule has 0 heterocycles. The minimum Gasteiger partial charge on any atom is -0.105 e. The van der Waals surface area contributed by atoms with Crippen molar-refractivity contribution in [1.29, 1.82) is 0 Å². The quantitative estimate of drug-likeness (QED) is 0.604. The Labute approximate surface area is 70.8 Å². The largest absolute Gasteiger partial charge is 0.115 e. The van der Waals surface area contributed by atoms with E-state index in [-0.39, 0.29) is 0 Å². The fourth-order valence-electron chi connectivity index (χ4n) is 0.710. The van der Waals surface area contributed by atoms with E-state index in [0.717, 1.165) is 5.56 Å². The van der Waals surface area contributed by atoms with Crippen molar-refractivity contribution in [3.8, 4) is 0 Å². The van der Waals surface area contributed by atoms with Gasteiger partial charge in [-0.3, -0.25) is 0 Å². The summed E-state index contributed by atoms with van der Waals surface area (Å²) in [5.74, 6) is 0. The lowest BCUT2D eigenvalue weighted by Gasteiger charge is -1.98. The lowest BCUT2D eigenvalue weighted by atomic mass is 10.2. The standard InChI is InChI=1S/C8H7Cl2/c9-8(10)6-7-4-2-1-3-5-7/h1-6,8H. The van der Waals surface area contributed by atoms with Crippen molar-refractivity contribution < 1.29 is 0 Å². The van der Waals surface area contributed by atoms with Crippen LogP contribution < -0.4 is 0 Å². The van der Waals surface area contributed by atoms with Crippen molar-refractivity contribution in [1.82, 2.24) is 0 Å². The summed E-state index contributed by atoms with van der Waals surface area (Å²) in [7, 11) is 0. The first-order valence-corrected chi connectivity index (χ1v) is 3.84. The molecule has 0 saturated heterocycles. The monoisotopic (exact) mass is 173 g/mol. The van der Waals surface area contributed by atoms with E-state index in [1.54, 1.807) is 6.42 Å². The van der Waals surface area contributed by atoms with Crippen molar-refractivity contribution in [2.75, 3.05) is 0 Å². The minimum atomic E-state index is -0.414. The maximum Gasteiger partial charge on any atom is 0.115 e. The summed E-state index contributed by atoms with van der Waals surface area (Å²) in [5.41, 5.74) is 1.05. The Kier molecular flexibility index (Phi) is 3.04. The average molecular weight is 174 g/mol. The van der Waals surface area contributed by atoms with E-state index in [2.05, 4.69) is 0 Å². The van der Waals surface area contributed by atoms with Crippen LogP contribution in [0.15, 0.2) is 30.3 Å². The smallest absolute Gasteiger partial charge is 0.105 e. The predicted octanol–water partition coefficient (Wildman–Crippen LogP) is 3.04. The SMILES string of the molecule is ClC(Cl)[CH]c1ccccc1. The van der Waals surface area contributed by atoms with E-state index in [9.17, 15) is 0 Å². The summed E-state index contributed by atoms with van der Waals surface area (Å²) in [6.45, 7) is 0. The molecule has 1 radical (unpaired) electrons. The summed E-state index contributed by atoms with van der Waals surface area (Å²) in [6, 6.07) is 9.76. The van der Waals surface area contributed by atoms with Gasteiger partial charge in [0.2, 0.25) is 0 Å². The Bertz CT molecular complexity index is 182. The van der Waals surface area contributed by atoms with Crippen LogP contribution >= 0.6 is 23.2 Å². The summed E-state index contributed by atoms with van der Waals surface area (Å²) < 4.78 is 0. The zero-order valence-corrected chi connectivity index (χ0v) is 6.81. The maximum atomic E-state index is 5.52. The third-order valence-electron chi connectivity index (χ3n) is 1.12. The van der Waals surface area contributed by atoms with Crippen LogP contribution in [0.5, 0.6) is 0 Å². The molecule has 2 heteroatoms. The second-order valence-corrected chi connectivity index (χ2v) is 3.08. The lowest BCUT2D eigenvalue weighted by molar-refractivity contribution is 1.36. The molecule has 0 unspecified atom stereocenters. The van der Waals surface area contributed by atoms with Crippen LogP contribution in [0.25, 0.3) is 0 Å². The molecule has 0 nitrogen and oxygen atoms in total. The van der Waals surface area contributed by atoms with Gasteiger partial charge < -0.3 is 0 Å². The molecule has 0 atom stereocenters. The molecular weight excluding hydrogens is 167 g/mol. The van der Waals surface area contributed by atoms with Gasteiger partial charge in [0, 0.05) is 6.42 Å². The number of hydrogen-bond acceptors (Lipinski definition) is 0. The highest BCUT2D eigenvalue weighted by atomic mass is 35.5. The number of rotatable bonds is 2. The normalized spacial score (nSPS) is 10.3. The highest BCUT2D eigenvalue weighted by Gasteiger charge is 1.99. The molecule has 0 saturated carbocycles. The van der Waals surface area contributed by atoms with Gasteiger partial charge >= 0.3 is 0 Å². The van der Waals surface area contributed by atoms with Crippen molar-refractivity contribution in [3.05, 3.63) is 42.3 Å². The van der Waals surface area contributed by atoms with Gasteiger partial charge in [0.25, 0.3) is 0 Å². The van der Waals surface area contributed by atoms with E-state index in [1.807, 2.05) is 30.3 Å². The van der Waals surface area contributed by atoms with Gasteiger partial charge in [0.1, 0.15) is 4.84 Å². The van der Waals surface area contributed by atoms with E-state index in [1.165, 1.54) is 0 Å². The van der Waals surface area contributed by atoms with E-state index in [0.29, 0.717) is 0 Å². The molecule has 0 aromatic heterocycles. The summed E-state index contributed by atoms with van der Waals surface area (Å²) in [5, 5.41) is 0. The maximum absolute atomic E-state index is 5.52. The van der Waals surface area contributed by atoms with Gasteiger partial charge in [-0.2, -0.15) is 0 Å². The summed E-state index contributed by atoms with van der Waals surface area (Å²) >= 11 is 11.0. The van der Waals surface area contributed by atoms with E-state index in [4.69, 9.17) is 23.2 Å².